The topological polar surface area (TPSA) is 69.0 Å². The molecule has 0 radical (unpaired) electrons. The predicted molar refractivity (Wildman–Crippen MR) is 73.7 cm³/mol. The van der Waals surface area contributed by atoms with Crippen molar-refractivity contribution in [2.45, 2.75) is 26.8 Å². The average Bonchev–Trinajstić information content (AvgIpc) is 2.44. The van der Waals surface area contributed by atoms with Crippen LogP contribution < -0.4 is 5.32 Å². The van der Waals surface area contributed by atoms with Crippen molar-refractivity contribution in [2.24, 2.45) is 0 Å². The Bertz CT molecular complexity index is 446. The second kappa shape index (κ2) is 7.49. The number of rotatable bonds is 6. The lowest BCUT2D eigenvalue weighted by Crippen LogP contribution is -2.42. The van der Waals surface area contributed by atoms with Gasteiger partial charge < -0.3 is 10.2 Å². The van der Waals surface area contributed by atoms with Gasteiger partial charge in [0.2, 0.25) is 0 Å². The van der Waals surface area contributed by atoms with Gasteiger partial charge in [-0.3, -0.25) is 4.79 Å². The van der Waals surface area contributed by atoms with Crippen LogP contribution in [-0.2, 0) is 0 Å². The molecule has 1 aromatic rings. The molecule has 0 fully saturated rings. The highest BCUT2D eigenvalue weighted by Gasteiger charge is 2.12. The third kappa shape index (κ3) is 4.68. The van der Waals surface area contributed by atoms with E-state index in [1.54, 1.807) is 12.1 Å². The summed E-state index contributed by atoms with van der Waals surface area (Å²) in [6.45, 7) is 8.91. The molecule has 19 heavy (non-hydrogen) atoms. The van der Waals surface area contributed by atoms with Gasteiger partial charge in [-0.05, 0) is 32.1 Å². The van der Waals surface area contributed by atoms with E-state index in [0.29, 0.717) is 11.3 Å². The molecule has 1 unspecified atom stereocenters. The van der Waals surface area contributed by atoms with Crippen LogP contribution in [0.2, 0.25) is 0 Å². The van der Waals surface area contributed by atoms with E-state index < -0.39 is 0 Å². The largest absolute Gasteiger partial charge is 0.347 e. The Hall–Kier alpha value is -1.93. The van der Waals surface area contributed by atoms with E-state index in [1.807, 2.05) is 13.0 Å². The second-order valence-corrected chi connectivity index (χ2v) is 4.40. The van der Waals surface area contributed by atoms with E-state index in [1.165, 1.54) is 6.20 Å². The third-order valence-corrected chi connectivity index (χ3v) is 2.93. The number of hydrogen-bond acceptors (Lipinski definition) is 4. The molecule has 0 aromatic carbocycles. The van der Waals surface area contributed by atoms with Gasteiger partial charge in [-0.2, -0.15) is 5.26 Å². The van der Waals surface area contributed by atoms with Gasteiger partial charge in [0, 0.05) is 18.8 Å². The van der Waals surface area contributed by atoms with E-state index in [-0.39, 0.29) is 11.9 Å². The Balaban J connectivity index is 2.56. The number of aromatic nitrogens is 1. The minimum absolute atomic E-state index is 0.0600. The van der Waals surface area contributed by atoms with Gasteiger partial charge in [0.05, 0.1) is 5.56 Å². The van der Waals surface area contributed by atoms with Gasteiger partial charge in [-0.15, -0.1) is 0 Å². The summed E-state index contributed by atoms with van der Waals surface area (Å²) in [6, 6.07) is 5.20. The summed E-state index contributed by atoms with van der Waals surface area (Å²) in [7, 11) is 0. The normalized spacial score (nSPS) is 11.9. The fourth-order valence-corrected chi connectivity index (χ4v) is 1.81. The molecule has 0 saturated heterocycles. The van der Waals surface area contributed by atoms with Crippen molar-refractivity contribution in [3.63, 3.8) is 0 Å². The maximum atomic E-state index is 11.9. The lowest BCUT2D eigenvalue weighted by Gasteiger charge is -2.23. The number of pyridine rings is 1. The third-order valence-electron chi connectivity index (χ3n) is 2.93. The quantitative estimate of drug-likeness (QED) is 0.839. The smallest absolute Gasteiger partial charge is 0.270 e. The number of nitrogens with zero attached hydrogens (tertiary/aromatic N) is 3. The fraction of sp³-hybridized carbons (Fsp3) is 0.500. The van der Waals surface area contributed by atoms with E-state index in [0.717, 1.165) is 19.6 Å². The van der Waals surface area contributed by atoms with Gasteiger partial charge in [0.1, 0.15) is 11.8 Å². The first-order chi connectivity index (χ1) is 9.10. The van der Waals surface area contributed by atoms with Crippen molar-refractivity contribution in [3.05, 3.63) is 29.6 Å². The molecule has 1 rings (SSSR count). The molecule has 0 aliphatic heterocycles. The number of amides is 1. The van der Waals surface area contributed by atoms with Gasteiger partial charge in [0.25, 0.3) is 5.91 Å². The number of carbonyl (C=O) groups excluding carboxylic acids is 1. The number of carbonyl (C=O) groups is 1. The first-order valence-corrected chi connectivity index (χ1v) is 6.50. The van der Waals surface area contributed by atoms with Crippen LogP contribution in [0.4, 0.5) is 0 Å². The lowest BCUT2D eigenvalue weighted by atomic mass is 10.2. The zero-order chi connectivity index (χ0) is 14.3. The Morgan fingerprint density at radius 3 is 2.63 bits per heavy atom. The first-order valence-electron chi connectivity index (χ1n) is 6.50. The minimum atomic E-state index is -0.204. The molecular weight excluding hydrogens is 240 g/mol. The summed E-state index contributed by atoms with van der Waals surface area (Å²) in [4.78, 5) is 18.2. The van der Waals surface area contributed by atoms with Crippen molar-refractivity contribution in [3.8, 4) is 6.07 Å². The molecule has 0 bridgehead atoms. The monoisotopic (exact) mass is 260 g/mol. The summed E-state index contributed by atoms with van der Waals surface area (Å²) in [6.07, 6.45) is 1.41. The Morgan fingerprint density at radius 2 is 2.16 bits per heavy atom. The lowest BCUT2D eigenvalue weighted by molar-refractivity contribution is 0.0925. The van der Waals surface area contributed by atoms with Gasteiger partial charge in [-0.1, -0.05) is 13.8 Å². The highest BCUT2D eigenvalue weighted by Crippen LogP contribution is 2.00. The molecule has 5 heteroatoms. The Labute approximate surface area is 114 Å². The van der Waals surface area contributed by atoms with E-state index in [9.17, 15) is 4.79 Å². The molecule has 102 valence electrons. The summed E-state index contributed by atoms with van der Waals surface area (Å²) >= 11 is 0. The van der Waals surface area contributed by atoms with Crippen LogP contribution in [0, 0.1) is 11.3 Å². The molecule has 1 atom stereocenters. The van der Waals surface area contributed by atoms with Crippen LogP contribution in [0.15, 0.2) is 18.3 Å². The molecule has 0 aliphatic rings. The van der Waals surface area contributed by atoms with Crippen LogP contribution in [0.1, 0.15) is 36.8 Å². The van der Waals surface area contributed by atoms with Crippen LogP contribution in [-0.4, -0.2) is 41.5 Å². The van der Waals surface area contributed by atoms with E-state index >= 15 is 0 Å². The molecule has 1 aromatic heterocycles. The molecule has 1 amide bonds. The van der Waals surface area contributed by atoms with Crippen molar-refractivity contribution in [1.29, 1.82) is 5.26 Å². The zero-order valence-corrected chi connectivity index (χ0v) is 11.7. The summed E-state index contributed by atoms with van der Waals surface area (Å²) in [5.74, 6) is -0.204. The van der Waals surface area contributed by atoms with E-state index in [4.69, 9.17) is 5.26 Å². The van der Waals surface area contributed by atoms with Crippen LogP contribution >= 0.6 is 0 Å². The summed E-state index contributed by atoms with van der Waals surface area (Å²) in [5, 5.41) is 11.6. The van der Waals surface area contributed by atoms with Crippen molar-refractivity contribution >= 4 is 5.91 Å². The van der Waals surface area contributed by atoms with E-state index in [2.05, 4.69) is 29.0 Å². The molecule has 1 N–H and O–H groups in total. The molecule has 5 nitrogen and oxygen atoms in total. The van der Waals surface area contributed by atoms with Crippen LogP contribution in [0.25, 0.3) is 0 Å². The molecule has 1 heterocycles. The molecule has 0 aliphatic carbocycles. The average molecular weight is 260 g/mol. The van der Waals surface area contributed by atoms with Crippen molar-refractivity contribution in [1.82, 2.24) is 15.2 Å². The summed E-state index contributed by atoms with van der Waals surface area (Å²) in [5.41, 5.74) is 0.790. The van der Waals surface area contributed by atoms with Gasteiger partial charge in [0.15, 0.2) is 0 Å². The molecule has 0 saturated carbocycles. The first kappa shape index (κ1) is 15.1. The Morgan fingerprint density at radius 1 is 1.47 bits per heavy atom. The maximum absolute atomic E-state index is 11.9. The van der Waals surface area contributed by atoms with Gasteiger partial charge in [-0.25, -0.2) is 4.98 Å². The van der Waals surface area contributed by atoms with Crippen molar-refractivity contribution in [2.75, 3.05) is 19.6 Å². The minimum Gasteiger partial charge on any atom is -0.347 e. The maximum Gasteiger partial charge on any atom is 0.270 e. The number of hydrogen-bond donors (Lipinski definition) is 1. The number of likely N-dealkylation sites (N-methyl/N-ethyl adjacent to an activating group) is 1. The molecular formula is C14H20N4O. The zero-order valence-electron chi connectivity index (χ0n) is 11.7. The Kier molecular flexibility index (Phi) is 5.97. The highest BCUT2D eigenvalue weighted by atomic mass is 16.1. The highest BCUT2D eigenvalue weighted by molar-refractivity contribution is 5.92. The van der Waals surface area contributed by atoms with Crippen LogP contribution in [0.5, 0.6) is 0 Å². The SMILES string of the molecule is CCN(CC)CC(C)NC(=O)c1ccc(C#N)cn1. The van der Waals surface area contributed by atoms with Crippen LogP contribution in [0.3, 0.4) is 0 Å². The standard InChI is InChI=1S/C14H20N4O/c1-4-18(5-2)10-11(3)17-14(19)13-7-6-12(8-15)9-16-13/h6-7,9,11H,4-5,10H2,1-3H3,(H,17,19). The van der Waals surface area contributed by atoms with Crippen molar-refractivity contribution < 1.29 is 4.79 Å². The second-order valence-electron chi connectivity index (χ2n) is 4.40. The predicted octanol–water partition coefficient (Wildman–Crippen LogP) is 1.41. The summed E-state index contributed by atoms with van der Waals surface area (Å²) < 4.78 is 0. The number of nitrogens with one attached hydrogen (secondary N) is 1. The van der Waals surface area contributed by atoms with Gasteiger partial charge >= 0.3 is 0 Å². The fourth-order valence-electron chi connectivity index (χ4n) is 1.81. The number of nitriles is 1. The molecule has 0 spiro atoms.